The monoisotopic (exact) mass is 333 g/mol. The number of rotatable bonds is 5. The van der Waals surface area contributed by atoms with E-state index in [1.807, 2.05) is 30.3 Å². The van der Waals surface area contributed by atoms with Gasteiger partial charge in [0.15, 0.2) is 0 Å². The van der Waals surface area contributed by atoms with Crippen LogP contribution in [0.25, 0.3) is 0 Å². The zero-order chi connectivity index (χ0) is 15.9. The Morgan fingerprint density at radius 1 is 1.13 bits per heavy atom. The van der Waals surface area contributed by atoms with Gasteiger partial charge in [-0.25, -0.2) is 4.79 Å². The van der Waals surface area contributed by atoms with Crippen LogP contribution >= 0.6 is 11.8 Å². The van der Waals surface area contributed by atoms with Crippen LogP contribution in [-0.2, 0) is 6.54 Å². The van der Waals surface area contributed by atoms with E-state index in [0.29, 0.717) is 12.5 Å². The van der Waals surface area contributed by atoms with E-state index < -0.39 is 0 Å². The molecule has 0 radical (unpaired) electrons. The lowest BCUT2D eigenvalue weighted by atomic mass is 9.95. The third-order valence-electron chi connectivity index (χ3n) is 4.92. The van der Waals surface area contributed by atoms with Gasteiger partial charge < -0.3 is 10.6 Å². The summed E-state index contributed by atoms with van der Waals surface area (Å²) in [7, 11) is 0. The molecule has 2 N–H and O–H groups in total. The zero-order valence-electron chi connectivity index (χ0n) is 13.7. The van der Waals surface area contributed by atoms with Crippen molar-refractivity contribution in [2.75, 3.05) is 31.1 Å². The molecule has 2 heterocycles. The SMILES string of the molecule is O=C(NCc1ccccc1)NCC1CCN([C@@H]2CCSC2)CC1. The molecule has 0 unspecified atom stereocenters. The number of carbonyl (C=O) groups is 1. The third kappa shape index (κ3) is 5.15. The van der Waals surface area contributed by atoms with Crippen molar-refractivity contribution in [1.29, 1.82) is 0 Å². The summed E-state index contributed by atoms with van der Waals surface area (Å²) in [4.78, 5) is 14.6. The molecule has 2 aliphatic rings. The Balaban J connectivity index is 1.31. The van der Waals surface area contributed by atoms with Crippen LogP contribution in [0, 0.1) is 5.92 Å². The number of piperidine rings is 1. The maximum Gasteiger partial charge on any atom is 0.315 e. The molecule has 2 aliphatic heterocycles. The fourth-order valence-electron chi connectivity index (χ4n) is 3.41. The quantitative estimate of drug-likeness (QED) is 0.871. The van der Waals surface area contributed by atoms with E-state index in [9.17, 15) is 4.79 Å². The second-order valence-electron chi connectivity index (χ2n) is 6.55. The maximum absolute atomic E-state index is 11.9. The molecule has 0 bridgehead atoms. The molecule has 1 aromatic carbocycles. The van der Waals surface area contributed by atoms with Crippen LogP contribution < -0.4 is 10.6 Å². The van der Waals surface area contributed by atoms with E-state index >= 15 is 0 Å². The highest BCUT2D eigenvalue weighted by Crippen LogP contribution is 2.26. The van der Waals surface area contributed by atoms with E-state index in [4.69, 9.17) is 0 Å². The lowest BCUT2D eigenvalue weighted by Crippen LogP contribution is -2.45. The Morgan fingerprint density at radius 3 is 2.61 bits per heavy atom. The Hall–Kier alpha value is -1.20. The van der Waals surface area contributed by atoms with E-state index in [-0.39, 0.29) is 6.03 Å². The topological polar surface area (TPSA) is 44.4 Å². The molecule has 4 nitrogen and oxygen atoms in total. The first-order valence-corrected chi connectivity index (χ1v) is 9.84. The van der Waals surface area contributed by atoms with Crippen LogP contribution in [0.4, 0.5) is 4.79 Å². The summed E-state index contributed by atoms with van der Waals surface area (Å²) in [6, 6.07) is 10.8. The predicted molar refractivity (Wildman–Crippen MR) is 96.7 cm³/mol. The van der Waals surface area contributed by atoms with Crippen LogP contribution in [0.3, 0.4) is 0 Å². The summed E-state index contributed by atoms with van der Waals surface area (Å²) in [6.45, 7) is 3.78. The summed E-state index contributed by atoms with van der Waals surface area (Å²) in [5.74, 6) is 3.27. The number of likely N-dealkylation sites (tertiary alicyclic amines) is 1. The third-order valence-corrected chi connectivity index (χ3v) is 6.06. The maximum atomic E-state index is 11.9. The van der Waals surface area contributed by atoms with E-state index in [1.54, 1.807) is 0 Å². The lowest BCUT2D eigenvalue weighted by Gasteiger charge is -2.35. The molecule has 2 saturated heterocycles. The molecule has 3 rings (SSSR count). The highest BCUT2D eigenvalue weighted by Gasteiger charge is 2.27. The Morgan fingerprint density at radius 2 is 1.91 bits per heavy atom. The molecule has 2 amide bonds. The number of urea groups is 1. The summed E-state index contributed by atoms with van der Waals surface area (Å²) in [5, 5.41) is 5.96. The molecule has 1 aromatic rings. The van der Waals surface area contributed by atoms with Crippen LogP contribution in [0.1, 0.15) is 24.8 Å². The highest BCUT2D eigenvalue weighted by molar-refractivity contribution is 7.99. The number of amides is 2. The second kappa shape index (κ2) is 8.60. The first-order chi connectivity index (χ1) is 11.3. The minimum Gasteiger partial charge on any atom is -0.338 e. The van der Waals surface area contributed by atoms with Crippen LogP contribution in [0.15, 0.2) is 30.3 Å². The Labute approximate surface area is 143 Å². The van der Waals surface area contributed by atoms with E-state index in [2.05, 4.69) is 27.3 Å². The molecule has 2 fully saturated rings. The number of benzene rings is 1. The normalized spacial score (nSPS) is 22.9. The molecule has 0 spiro atoms. The van der Waals surface area contributed by atoms with Gasteiger partial charge in [-0.3, -0.25) is 4.90 Å². The van der Waals surface area contributed by atoms with Crippen LogP contribution in [-0.4, -0.2) is 48.1 Å². The fourth-order valence-corrected chi connectivity index (χ4v) is 4.66. The Kier molecular flexibility index (Phi) is 6.22. The summed E-state index contributed by atoms with van der Waals surface area (Å²) >= 11 is 2.09. The smallest absolute Gasteiger partial charge is 0.315 e. The molecule has 5 heteroatoms. The summed E-state index contributed by atoms with van der Waals surface area (Å²) < 4.78 is 0. The number of hydrogen-bond donors (Lipinski definition) is 2. The molecule has 1 atom stereocenters. The molecular weight excluding hydrogens is 306 g/mol. The van der Waals surface area contributed by atoms with Crippen molar-refractivity contribution in [3.05, 3.63) is 35.9 Å². The minimum absolute atomic E-state index is 0.0523. The first kappa shape index (κ1) is 16.7. The van der Waals surface area contributed by atoms with Gasteiger partial charge in [0.25, 0.3) is 0 Å². The number of nitrogens with one attached hydrogen (secondary N) is 2. The van der Waals surface area contributed by atoms with Crippen LogP contribution in [0.5, 0.6) is 0 Å². The van der Waals surface area contributed by atoms with Gasteiger partial charge in [0, 0.05) is 24.9 Å². The van der Waals surface area contributed by atoms with Gasteiger partial charge >= 0.3 is 6.03 Å². The molecule has 0 saturated carbocycles. The lowest BCUT2D eigenvalue weighted by molar-refractivity contribution is 0.143. The van der Waals surface area contributed by atoms with Crippen molar-refractivity contribution in [1.82, 2.24) is 15.5 Å². The van der Waals surface area contributed by atoms with Gasteiger partial charge in [0.05, 0.1) is 0 Å². The van der Waals surface area contributed by atoms with Gasteiger partial charge in [-0.2, -0.15) is 11.8 Å². The number of carbonyl (C=O) groups excluding carboxylic acids is 1. The van der Waals surface area contributed by atoms with Crippen molar-refractivity contribution >= 4 is 17.8 Å². The average Bonchev–Trinajstić information content (AvgIpc) is 3.14. The fraction of sp³-hybridized carbons (Fsp3) is 0.611. The molecule has 0 aliphatic carbocycles. The predicted octanol–water partition coefficient (Wildman–Crippen LogP) is 2.70. The van der Waals surface area contributed by atoms with Crippen molar-refractivity contribution in [2.24, 2.45) is 5.92 Å². The minimum atomic E-state index is -0.0523. The molecular formula is C18H27N3OS. The van der Waals surface area contributed by atoms with Gasteiger partial charge in [-0.15, -0.1) is 0 Å². The zero-order valence-corrected chi connectivity index (χ0v) is 14.5. The van der Waals surface area contributed by atoms with E-state index in [1.165, 1.54) is 43.9 Å². The summed E-state index contributed by atoms with van der Waals surface area (Å²) in [6.07, 6.45) is 3.77. The van der Waals surface area contributed by atoms with Gasteiger partial charge in [-0.1, -0.05) is 30.3 Å². The van der Waals surface area contributed by atoms with Gasteiger partial charge in [-0.05, 0) is 49.6 Å². The van der Waals surface area contributed by atoms with Crippen LogP contribution in [0.2, 0.25) is 0 Å². The Bertz CT molecular complexity index is 482. The molecule has 23 heavy (non-hydrogen) atoms. The van der Waals surface area contributed by atoms with Crippen molar-refractivity contribution in [2.45, 2.75) is 31.8 Å². The second-order valence-corrected chi connectivity index (χ2v) is 7.70. The van der Waals surface area contributed by atoms with Gasteiger partial charge in [0.2, 0.25) is 0 Å². The standard InChI is InChI=1S/C18H27N3OS/c22-18(19-12-15-4-2-1-3-5-15)20-13-16-6-9-21(10-7-16)17-8-11-23-14-17/h1-5,16-17H,6-14H2,(H2,19,20,22)/t17-/m1/s1. The first-order valence-electron chi connectivity index (χ1n) is 8.68. The summed E-state index contributed by atoms with van der Waals surface area (Å²) in [5.41, 5.74) is 1.13. The number of thioether (sulfide) groups is 1. The van der Waals surface area contributed by atoms with Gasteiger partial charge in [0.1, 0.15) is 0 Å². The highest BCUT2D eigenvalue weighted by atomic mass is 32.2. The number of nitrogens with zero attached hydrogens (tertiary/aromatic N) is 1. The van der Waals surface area contributed by atoms with Crippen molar-refractivity contribution in [3.63, 3.8) is 0 Å². The number of hydrogen-bond acceptors (Lipinski definition) is 3. The molecule has 126 valence electrons. The van der Waals surface area contributed by atoms with Crippen molar-refractivity contribution < 1.29 is 4.79 Å². The largest absolute Gasteiger partial charge is 0.338 e. The molecule has 0 aromatic heterocycles. The van der Waals surface area contributed by atoms with E-state index in [0.717, 1.165) is 18.2 Å². The van der Waals surface area contributed by atoms with Crippen molar-refractivity contribution in [3.8, 4) is 0 Å². The average molecular weight is 334 g/mol.